The third kappa shape index (κ3) is 4.22. The van der Waals surface area contributed by atoms with E-state index in [1.54, 1.807) is 17.2 Å². The van der Waals surface area contributed by atoms with Gasteiger partial charge in [0.05, 0.1) is 18.2 Å². The van der Waals surface area contributed by atoms with Gasteiger partial charge < -0.3 is 10.2 Å². The van der Waals surface area contributed by atoms with Gasteiger partial charge in [-0.05, 0) is 30.7 Å². The summed E-state index contributed by atoms with van der Waals surface area (Å²) in [5, 5.41) is 2.67. The van der Waals surface area contributed by atoms with Gasteiger partial charge in [0.15, 0.2) is 0 Å². The summed E-state index contributed by atoms with van der Waals surface area (Å²) in [5.41, 5.74) is 0.712. The van der Waals surface area contributed by atoms with Crippen LogP contribution in [0.25, 0.3) is 0 Å². The van der Waals surface area contributed by atoms with E-state index < -0.39 is 17.6 Å². The number of carbonyl (C=O) groups excluding carboxylic acids is 2. The first-order valence-corrected chi connectivity index (χ1v) is 8.43. The van der Waals surface area contributed by atoms with Crippen molar-refractivity contribution in [2.24, 2.45) is 5.92 Å². The molecule has 0 bridgehead atoms. The number of halogens is 2. The van der Waals surface area contributed by atoms with E-state index in [1.807, 2.05) is 12.1 Å². The minimum Gasteiger partial charge on any atom is -0.355 e. The van der Waals surface area contributed by atoms with E-state index in [1.165, 1.54) is 18.2 Å². The highest BCUT2D eigenvalue weighted by Gasteiger charge is 2.34. The molecule has 1 aliphatic heterocycles. The lowest BCUT2D eigenvalue weighted by Gasteiger charge is -2.16. The number of hydrogen-bond acceptors (Lipinski definition) is 3. The Morgan fingerprint density at radius 1 is 1.19 bits per heavy atom. The maximum absolute atomic E-state index is 13.6. The van der Waals surface area contributed by atoms with Crippen molar-refractivity contribution in [2.75, 3.05) is 13.1 Å². The Labute approximate surface area is 150 Å². The largest absolute Gasteiger partial charge is 0.355 e. The Kier molecular flexibility index (Phi) is 5.55. The molecule has 1 atom stereocenters. The topological polar surface area (TPSA) is 62.3 Å². The smallest absolute Gasteiger partial charge is 0.225 e. The van der Waals surface area contributed by atoms with E-state index in [9.17, 15) is 18.4 Å². The first-order chi connectivity index (χ1) is 12.5. The number of rotatable bonds is 6. The van der Waals surface area contributed by atoms with E-state index in [-0.39, 0.29) is 36.8 Å². The van der Waals surface area contributed by atoms with Crippen LogP contribution in [-0.2, 0) is 22.6 Å². The quantitative estimate of drug-likeness (QED) is 0.859. The third-order valence-electron chi connectivity index (χ3n) is 4.40. The van der Waals surface area contributed by atoms with Crippen LogP contribution in [0.1, 0.15) is 17.7 Å². The van der Waals surface area contributed by atoms with E-state index in [4.69, 9.17) is 0 Å². The van der Waals surface area contributed by atoms with Crippen LogP contribution in [-0.4, -0.2) is 34.8 Å². The molecular weight excluding hydrogens is 340 g/mol. The predicted molar refractivity (Wildman–Crippen MR) is 90.8 cm³/mol. The molecule has 1 N–H and O–H groups in total. The molecule has 5 nitrogen and oxygen atoms in total. The van der Waals surface area contributed by atoms with Gasteiger partial charge in [-0.15, -0.1) is 0 Å². The van der Waals surface area contributed by atoms with Gasteiger partial charge in [0.1, 0.15) is 11.6 Å². The van der Waals surface area contributed by atoms with Crippen molar-refractivity contribution in [2.45, 2.75) is 19.4 Å². The Balaban J connectivity index is 1.50. The van der Waals surface area contributed by atoms with Crippen molar-refractivity contribution in [1.29, 1.82) is 0 Å². The molecule has 26 heavy (non-hydrogen) atoms. The number of nitrogens with zero attached hydrogens (tertiary/aromatic N) is 2. The fourth-order valence-corrected chi connectivity index (χ4v) is 3.01. The van der Waals surface area contributed by atoms with E-state index in [0.717, 1.165) is 5.69 Å². The second-order valence-corrected chi connectivity index (χ2v) is 6.24. The standard InChI is InChI=1S/C19H19F2N3O2/c20-16-5-3-6-17(21)15(16)7-9-23-19(26)13-10-18(25)24(11-13)12-14-4-1-2-8-22-14/h1-6,8,13H,7,9-12H2,(H,23,26)/t13-/m0/s1. The van der Waals surface area contributed by atoms with Gasteiger partial charge in [0.2, 0.25) is 11.8 Å². The lowest BCUT2D eigenvalue weighted by molar-refractivity contribution is -0.129. The summed E-state index contributed by atoms with van der Waals surface area (Å²) in [6.45, 7) is 0.792. The highest BCUT2D eigenvalue weighted by molar-refractivity contribution is 5.89. The minimum absolute atomic E-state index is 0.0490. The van der Waals surface area contributed by atoms with E-state index in [0.29, 0.717) is 13.1 Å². The van der Waals surface area contributed by atoms with Gasteiger partial charge in [-0.3, -0.25) is 14.6 Å². The Morgan fingerprint density at radius 3 is 2.65 bits per heavy atom. The first-order valence-electron chi connectivity index (χ1n) is 8.43. The number of pyridine rings is 1. The maximum atomic E-state index is 13.6. The molecule has 0 saturated carbocycles. The molecule has 1 aliphatic rings. The molecule has 0 radical (unpaired) electrons. The van der Waals surface area contributed by atoms with Crippen LogP contribution in [0, 0.1) is 17.6 Å². The van der Waals surface area contributed by atoms with Crippen molar-refractivity contribution >= 4 is 11.8 Å². The Hall–Kier alpha value is -2.83. The number of likely N-dealkylation sites (tertiary alicyclic amines) is 1. The SMILES string of the molecule is O=C(NCCc1c(F)cccc1F)[C@H]1CC(=O)N(Cc2ccccn2)C1. The Morgan fingerprint density at radius 2 is 1.96 bits per heavy atom. The molecule has 1 saturated heterocycles. The van der Waals surface area contributed by atoms with Crippen molar-refractivity contribution in [3.05, 3.63) is 65.5 Å². The Bertz CT molecular complexity index is 778. The van der Waals surface area contributed by atoms with Gasteiger partial charge in [-0.1, -0.05) is 12.1 Å². The molecule has 1 fully saturated rings. The summed E-state index contributed by atoms with van der Waals surface area (Å²) in [4.78, 5) is 30.1. The number of benzene rings is 1. The number of amides is 2. The number of hydrogen-bond donors (Lipinski definition) is 1. The lowest BCUT2D eigenvalue weighted by Crippen LogP contribution is -2.34. The fraction of sp³-hybridized carbons (Fsp3) is 0.316. The molecule has 0 aliphatic carbocycles. The van der Waals surface area contributed by atoms with Crippen LogP contribution < -0.4 is 5.32 Å². The van der Waals surface area contributed by atoms with Gasteiger partial charge in [0.25, 0.3) is 0 Å². The first kappa shape index (κ1) is 18.0. The van der Waals surface area contributed by atoms with Crippen LogP contribution in [0.2, 0.25) is 0 Å². The molecule has 1 aromatic carbocycles. The zero-order valence-electron chi connectivity index (χ0n) is 14.1. The number of aromatic nitrogens is 1. The van der Waals surface area contributed by atoms with Crippen molar-refractivity contribution < 1.29 is 18.4 Å². The molecule has 136 valence electrons. The minimum atomic E-state index is -0.628. The summed E-state index contributed by atoms with van der Waals surface area (Å²) in [6.07, 6.45) is 1.84. The van der Waals surface area contributed by atoms with Gasteiger partial charge >= 0.3 is 0 Å². The van der Waals surface area contributed by atoms with Crippen molar-refractivity contribution in [1.82, 2.24) is 15.2 Å². The highest BCUT2D eigenvalue weighted by atomic mass is 19.1. The van der Waals surface area contributed by atoms with Crippen LogP contribution in [0.3, 0.4) is 0 Å². The lowest BCUT2D eigenvalue weighted by atomic mass is 10.1. The number of nitrogens with one attached hydrogen (secondary N) is 1. The van der Waals surface area contributed by atoms with Crippen LogP contribution in [0.5, 0.6) is 0 Å². The van der Waals surface area contributed by atoms with Gasteiger partial charge in [-0.2, -0.15) is 0 Å². The summed E-state index contributed by atoms with van der Waals surface area (Å²) >= 11 is 0. The normalized spacial score (nSPS) is 16.8. The number of carbonyl (C=O) groups is 2. The van der Waals surface area contributed by atoms with Crippen LogP contribution in [0.4, 0.5) is 8.78 Å². The van der Waals surface area contributed by atoms with Gasteiger partial charge in [0, 0.05) is 31.3 Å². The highest BCUT2D eigenvalue weighted by Crippen LogP contribution is 2.20. The average Bonchev–Trinajstić information content (AvgIpc) is 2.99. The van der Waals surface area contributed by atoms with Crippen LogP contribution >= 0.6 is 0 Å². The zero-order chi connectivity index (χ0) is 18.5. The van der Waals surface area contributed by atoms with Gasteiger partial charge in [-0.25, -0.2) is 8.78 Å². The van der Waals surface area contributed by atoms with Crippen LogP contribution in [0.15, 0.2) is 42.6 Å². The summed E-state index contributed by atoms with van der Waals surface area (Å²) in [7, 11) is 0. The molecule has 2 amide bonds. The molecule has 2 heterocycles. The second-order valence-electron chi connectivity index (χ2n) is 6.24. The molecule has 1 aromatic heterocycles. The fourth-order valence-electron chi connectivity index (χ4n) is 3.01. The zero-order valence-corrected chi connectivity index (χ0v) is 14.1. The second kappa shape index (κ2) is 8.03. The van der Waals surface area contributed by atoms with E-state index in [2.05, 4.69) is 10.3 Å². The third-order valence-corrected chi connectivity index (χ3v) is 4.40. The van der Waals surface area contributed by atoms with Crippen molar-refractivity contribution in [3.63, 3.8) is 0 Å². The summed E-state index contributed by atoms with van der Waals surface area (Å²) in [6, 6.07) is 9.13. The maximum Gasteiger partial charge on any atom is 0.225 e. The molecule has 0 spiro atoms. The predicted octanol–water partition coefficient (Wildman–Crippen LogP) is 2.07. The molecule has 0 unspecified atom stereocenters. The monoisotopic (exact) mass is 359 g/mol. The molecule has 7 heteroatoms. The molecular formula is C19H19F2N3O2. The van der Waals surface area contributed by atoms with E-state index >= 15 is 0 Å². The van der Waals surface area contributed by atoms with Crippen molar-refractivity contribution in [3.8, 4) is 0 Å². The molecule has 3 rings (SSSR count). The molecule has 2 aromatic rings. The summed E-state index contributed by atoms with van der Waals surface area (Å²) < 4.78 is 27.2. The summed E-state index contributed by atoms with van der Waals surface area (Å²) in [5.74, 6) is -2.10. The average molecular weight is 359 g/mol.